The van der Waals surface area contributed by atoms with Gasteiger partial charge >= 0.3 is 0 Å². The lowest BCUT2D eigenvalue weighted by Crippen LogP contribution is -2.06. The van der Waals surface area contributed by atoms with E-state index >= 15 is 0 Å². The SMILES string of the molecule is CCCNc1nc(Nc2c(C)cccc2F)c(Cl)cc1Cl. The summed E-state index contributed by atoms with van der Waals surface area (Å²) in [6.45, 7) is 4.59. The van der Waals surface area contributed by atoms with Crippen molar-refractivity contribution in [2.45, 2.75) is 20.3 Å². The van der Waals surface area contributed by atoms with Crippen LogP contribution in [0.15, 0.2) is 24.3 Å². The van der Waals surface area contributed by atoms with Crippen molar-refractivity contribution in [1.29, 1.82) is 0 Å². The Bertz CT molecular complexity index is 627. The molecule has 0 unspecified atom stereocenters. The minimum atomic E-state index is -0.356. The molecule has 1 heterocycles. The molecule has 0 saturated carbocycles. The quantitative estimate of drug-likeness (QED) is 0.771. The number of hydrogen-bond acceptors (Lipinski definition) is 3. The molecule has 0 saturated heterocycles. The van der Waals surface area contributed by atoms with Crippen LogP contribution in [0.1, 0.15) is 18.9 Å². The lowest BCUT2D eigenvalue weighted by Gasteiger charge is -2.14. The molecule has 0 aliphatic heterocycles. The fourth-order valence-corrected chi connectivity index (χ4v) is 2.30. The summed E-state index contributed by atoms with van der Waals surface area (Å²) in [7, 11) is 0. The third-order valence-corrected chi connectivity index (χ3v) is 3.51. The zero-order valence-corrected chi connectivity index (χ0v) is 13.3. The van der Waals surface area contributed by atoms with E-state index in [4.69, 9.17) is 23.2 Å². The predicted molar refractivity (Wildman–Crippen MR) is 87.5 cm³/mol. The van der Waals surface area contributed by atoms with Gasteiger partial charge in [-0.3, -0.25) is 0 Å². The van der Waals surface area contributed by atoms with Crippen molar-refractivity contribution < 1.29 is 4.39 Å². The van der Waals surface area contributed by atoms with Crippen LogP contribution in [0.3, 0.4) is 0 Å². The smallest absolute Gasteiger partial charge is 0.151 e. The molecular formula is C15H16Cl2FN3. The van der Waals surface area contributed by atoms with Crippen LogP contribution in [-0.4, -0.2) is 11.5 Å². The minimum Gasteiger partial charge on any atom is -0.369 e. The lowest BCUT2D eigenvalue weighted by molar-refractivity contribution is 0.631. The largest absolute Gasteiger partial charge is 0.369 e. The second kappa shape index (κ2) is 6.96. The van der Waals surface area contributed by atoms with Crippen LogP contribution in [0.5, 0.6) is 0 Å². The van der Waals surface area contributed by atoms with Crippen LogP contribution < -0.4 is 10.6 Å². The number of aromatic nitrogens is 1. The normalized spacial score (nSPS) is 10.5. The molecule has 0 atom stereocenters. The van der Waals surface area contributed by atoms with Crippen molar-refractivity contribution in [3.8, 4) is 0 Å². The lowest BCUT2D eigenvalue weighted by atomic mass is 10.2. The Morgan fingerprint density at radius 3 is 2.57 bits per heavy atom. The summed E-state index contributed by atoms with van der Waals surface area (Å²) in [5, 5.41) is 6.82. The number of para-hydroxylation sites is 1. The number of hydrogen-bond donors (Lipinski definition) is 2. The Morgan fingerprint density at radius 2 is 1.90 bits per heavy atom. The third-order valence-electron chi connectivity index (χ3n) is 2.94. The number of anilines is 3. The van der Waals surface area contributed by atoms with Crippen molar-refractivity contribution in [3.63, 3.8) is 0 Å². The van der Waals surface area contributed by atoms with Crippen LogP contribution in [0.4, 0.5) is 21.7 Å². The van der Waals surface area contributed by atoms with E-state index < -0.39 is 0 Å². The van der Waals surface area contributed by atoms with Gasteiger partial charge in [0.25, 0.3) is 0 Å². The standard InChI is InChI=1S/C15H16Cl2FN3/c1-3-7-19-14-10(16)8-11(17)15(21-14)20-13-9(2)5-4-6-12(13)18/h4-6,8H,3,7H2,1-2H3,(H2,19,20,21). The van der Waals surface area contributed by atoms with Gasteiger partial charge < -0.3 is 10.6 Å². The zero-order chi connectivity index (χ0) is 15.4. The number of aryl methyl sites for hydroxylation is 1. The summed E-state index contributed by atoms with van der Waals surface area (Å²) in [4.78, 5) is 4.33. The molecule has 1 aromatic heterocycles. The first kappa shape index (κ1) is 15.9. The zero-order valence-electron chi connectivity index (χ0n) is 11.8. The van der Waals surface area contributed by atoms with Gasteiger partial charge in [0.1, 0.15) is 11.6 Å². The number of nitrogens with zero attached hydrogens (tertiary/aromatic N) is 1. The van der Waals surface area contributed by atoms with E-state index in [0.717, 1.165) is 18.5 Å². The molecule has 1 aromatic carbocycles. The molecule has 2 rings (SSSR count). The van der Waals surface area contributed by atoms with Gasteiger partial charge in [-0.25, -0.2) is 9.37 Å². The summed E-state index contributed by atoms with van der Waals surface area (Å²) < 4.78 is 13.9. The summed E-state index contributed by atoms with van der Waals surface area (Å²) in [5.74, 6) is 0.540. The Morgan fingerprint density at radius 1 is 1.19 bits per heavy atom. The van der Waals surface area contributed by atoms with Gasteiger partial charge in [-0.05, 0) is 31.0 Å². The monoisotopic (exact) mass is 327 g/mol. The second-order valence-corrected chi connectivity index (χ2v) is 5.45. The van der Waals surface area contributed by atoms with Gasteiger partial charge in [0.15, 0.2) is 5.82 Å². The molecule has 21 heavy (non-hydrogen) atoms. The fourth-order valence-electron chi connectivity index (χ4n) is 1.83. The first-order valence-electron chi connectivity index (χ1n) is 6.65. The highest BCUT2D eigenvalue weighted by Gasteiger charge is 2.12. The van der Waals surface area contributed by atoms with E-state index in [0.29, 0.717) is 27.4 Å². The maximum Gasteiger partial charge on any atom is 0.151 e. The van der Waals surface area contributed by atoms with Crippen LogP contribution in [0.2, 0.25) is 10.0 Å². The minimum absolute atomic E-state index is 0.338. The molecule has 6 heteroatoms. The van der Waals surface area contributed by atoms with Crippen LogP contribution in [0.25, 0.3) is 0 Å². The molecule has 0 amide bonds. The van der Waals surface area contributed by atoms with Crippen molar-refractivity contribution in [1.82, 2.24) is 4.98 Å². The van der Waals surface area contributed by atoms with Crippen molar-refractivity contribution >= 4 is 40.5 Å². The van der Waals surface area contributed by atoms with E-state index in [2.05, 4.69) is 15.6 Å². The van der Waals surface area contributed by atoms with Gasteiger partial charge in [0.05, 0.1) is 15.7 Å². The average Bonchev–Trinajstić information content (AvgIpc) is 2.44. The van der Waals surface area contributed by atoms with Crippen molar-refractivity contribution in [2.75, 3.05) is 17.2 Å². The van der Waals surface area contributed by atoms with E-state index in [1.165, 1.54) is 6.07 Å². The van der Waals surface area contributed by atoms with Gasteiger partial charge in [-0.2, -0.15) is 0 Å². The first-order chi connectivity index (χ1) is 10.0. The Labute approximate surface area is 133 Å². The van der Waals surface area contributed by atoms with E-state index in [1.807, 2.05) is 19.9 Å². The number of benzene rings is 1. The van der Waals surface area contributed by atoms with Crippen LogP contribution in [-0.2, 0) is 0 Å². The highest BCUT2D eigenvalue weighted by Crippen LogP contribution is 2.32. The summed E-state index contributed by atoms with van der Waals surface area (Å²) >= 11 is 12.2. The second-order valence-electron chi connectivity index (χ2n) is 4.63. The number of rotatable bonds is 5. The summed E-state index contributed by atoms with van der Waals surface area (Å²) in [6, 6.07) is 6.44. The molecule has 0 aliphatic rings. The Hall–Kier alpha value is -1.52. The topological polar surface area (TPSA) is 37.0 Å². The van der Waals surface area contributed by atoms with Gasteiger partial charge in [0, 0.05) is 6.54 Å². The summed E-state index contributed by atoms with van der Waals surface area (Å²) in [6.07, 6.45) is 0.940. The maximum absolute atomic E-state index is 13.9. The summed E-state index contributed by atoms with van der Waals surface area (Å²) in [5.41, 5.74) is 1.13. The van der Waals surface area contributed by atoms with Crippen molar-refractivity contribution in [3.05, 3.63) is 45.7 Å². The average molecular weight is 328 g/mol. The van der Waals surface area contributed by atoms with Gasteiger partial charge in [0.2, 0.25) is 0 Å². The molecule has 0 bridgehead atoms. The van der Waals surface area contributed by atoms with E-state index in [-0.39, 0.29) is 5.82 Å². The number of pyridine rings is 1. The molecular weight excluding hydrogens is 312 g/mol. The van der Waals surface area contributed by atoms with E-state index in [9.17, 15) is 4.39 Å². The predicted octanol–water partition coefficient (Wildman–Crippen LogP) is 5.40. The van der Waals surface area contributed by atoms with Crippen LogP contribution >= 0.6 is 23.2 Å². The fraction of sp³-hybridized carbons (Fsp3) is 0.267. The van der Waals surface area contributed by atoms with Gasteiger partial charge in [-0.15, -0.1) is 0 Å². The molecule has 2 N–H and O–H groups in total. The molecule has 0 fully saturated rings. The third kappa shape index (κ3) is 3.77. The molecule has 3 nitrogen and oxygen atoms in total. The highest BCUT2D eigenvalue weighted by molar-refractivity contribution is 6.37. The first-order valence-corrected chi connectivity index (χ1v) is 7.40. The Balaban J connectivity index is 2.35. The van der Waals surface area contributed by atoms with E-state index in [1.54, 1.807) is 12.1 Å². The Kier molecular flexibility index (Phi) is 5.26. The highest BCUT2D eigenvalue weighted by atomic mass is 35.5. The molecule has 2 aromatic rings. The molecule has 0 spiro atoms. The van der Waals surface area contributed by atoms with Crippen LogP contribution in [0, 0.1) is 12.7 Å². The maximum atomic E-state index is 13.9. The molecule has 112 valence electrons. The number of nitrogens with one attached hydrogen (secondary N) is 2. The number of halogens is 3. The molecule has 0 radical (unpaired) electrons. The molecule has 0 aliphatic carbocycles. The van der Waals surface area contributed by atoms with Crippen molar-refractivity contribution in [2.24, 2.45) is 0 Å². The van der Waals surface area contributed by atoms with Gasteiger partial charge in [-0.1, -0.05) is 42.3 Å².